The Kier molecular flexibility index (Phi) is 9.13. The second-order valence-electron chi connectivity index (χ2n) is 5.68. The molecule has 0 bridgehead atoms. The Balaban J connectivity index is 0.00000264. The molecule has 0 amide bonds. The lowest BCUT2D eigenvalue weighted by atomic mass is 10.1. The van der Waals surface area contributed by atoms with Crippen molar-refractivity contribution in [3.05, 3.63) is 24.3 Å². The van der Waals surface area contributed by atoms with E-state index in [0.717, 1.165) is 44.3 Å². The molecule has 0 saturated carbocycles. The van der Waals surface area contributed by atoms with Crippen LogP contribution in [0.15, 0.2) is 29.3 Å². The average molecular weight is 432 g/mol. The van der Waals surface area contributed by atoms with E-state index in [9.17, 15) is 0 Å². The number of guanidine groups is 1. The van der Waals surface area contributed by atoms with Crippen LogP contribution in [0.3, 0.4) is 0 Å². The van der Waals surface area contributed by atoms with E-state index in [-0.39, 0.29) is 24.0 Å². The molecule has 2 N–H and O–H groups in total. The minimum Gasteiger partial charge on any atom is -0.497 e. The van der Waals surface area contributed by atoms with Crippen LogP contribution in [0.4, 0.5) is 5.69 Å². The van der Waals surface area contributed by atoms with Gasteiger partial charge in [-0.05, 0) is 30.9 Å². The lowest BCUT2D eigenvalue weighted by Crippen LogP contribution is -2.40. The standard InChI is InChI=1S/C17H28N4O.HI/c1-4-9-19-17(18-2)20-12-14-8-10-21(13-14)15-6-5-7-16(11-15)22-3;/h5-7,11,14H,4,8-10,12-13H2,1-3H3,(H2,18,19,20);1H. The van der Waals surface area contributed by atoms with Crippen molar-refractivity contribution in [2.24, 2.45) is 10.9 Å². The van der Waals surface area contributed by atoms with Crippen molar-refractivity contribution < 1.29 is 4.74 Å². The van der Waals surface area contributed by atoms with Gasteiger partial charge in [0.25, 0.3) is 0 Å². The number of nitrogens with zero attached hydrogens (tertiary/aromatic N) is 2. The van der Waals surface area contributed by atoms with Crippen molar-refractivity contribution in [1.82, 2.24) is 10.6 Å². The highest BCUT2D eigenvalue weighted by molar-refractivity contribution is 14.0. The van der Waals surface area contributed by atoms with Crippen LogP contribution in [0, 0.1) is 5.92 Å². The van der Waals surface area contributed by atoms with E-state index in [1.54, 1.807) is 7.11 Å². The summed E-state index contributed by atoms with van der Waals surface area (Å²) in [5, 5.41) is 6.74. The van der Waals surface area contributed by atoms with Gasteiger partial charge in [0.1, 0.15) is 5.75 Å². The number of nitrogens with one attached hydrogen (secondary N) is 2. The third kappa shape index (κ3) is 6.08. The van der Waals surface area contributed by atoms with Crippen molar-refractivity contribution >= 4 is 35.6 Å². The molecule has 1 aliphatic rings. The Morgan fingerprint density at radius 1 is 1.39 bits per heavy atom. The van der Waals surface area contributed by atoms with Gasteiger partial charge in [0.2, 0.25) is 0 Å². The fourth-order valence-corrected chi connectivity index (χ4v) is 2.75. The molecule has 1 saturated heterocycles. The van der Waals surface area contributed by atoms with Crippen LogP contribution in [-0.4, -0.2) is 46.3 Å². The molecule has 0 spiro atoms. The monoisotopic (exact) mass is 432 g/mol. The summed E-state index contributed by atoms with van der Waals surface area (Å²) < 4.78 is 5.31. The van der Waals surface area contributed by atoms with Gasteiger partial charge in [0, 0.05) is 45.0 Å². The summed E-state index contributed by atoms with van der Waals surface area (Å²) in [6.07, 6.45) is 2.31. The molecule has 0 aromatic heterocycles. The largest absolute Gasteiger partial charge is 0.497 e. The molecule has 0 radical (unpaired) electrons. The number of hydrogen-bond donors (Lipinski definition) is 2. The summed E-state index contributed by atoms with van der Waals surface area (Å²) in [5.74, 6) is 2.47. The molecule has 1 heterocycles. The topological polar surface area (TPSA) is 48.9 Å². The highest BCUT2D eigenvalue weighted by Crippen LogP contribution is 2.26. The lowest BCUT2D eigenvalue weighted by molar-refractivity contribution is 0.415. The molecule has 2 rings (SSSR count). The van der Waals surface area contributed by atoms with E-state index in [1.807, 2.05) is 13.1 Å². The zero-order valence-corrected chi connectivity index (χ0v) is 16.7. The van der Waals surface area contributed by atoms with Crippen molar-refractivity contribution in [2.45, 2.75) is 19.8 Å². The van der Waals surface area contributed by atoms with Gasteiger partial charge >= 0.3 is 0 Å². The van der Waals surface area contributed by atoms with Crippen LogP contribution in [0.5, 0.6) is 5.75 Å². The number of ether oxygens (including phenoxy) is 1. The number of hydrogen-bond acceptors (Lipinski definition) is 3. The summed E-state index contributed by atoms with van der Waals surface area (Å²) in [7, 11) is 3.53. The van der Waals surface area contributed by atoms with Crippen molar-refractivity contribution in [1.29, 1.82) is 0 Å². The molecule has 5 nitrogen and oxygen atoms in total. The van der Waals surface area contributed by atoms with Crippen molar-refractivity contribution in [2.75, 3.05) is 45.2 Å². The van der Waals surface area contributed by atoms with E-state index in [1.165, 1.54) is 12.1 Å². The van der Waals surface area contributed by atoms with Crippen molar-refractivity contribution in [3.63, 3.8) is 0 Å². The molecular formula is C17H29IN4O. The fraction of sp³-hybridized carbons (Fsp3) is 0.588. The van der Waals surface area contributed by atoms with Gasteiger partial charge in [-0.1, -0.05) is 13.0 Å². The molecule has 130 valence electrons. The van der Waals surface area contributed by atoms with Crippen LogP contribution in [0.1, 0.15) is 19.8 Å². The van der Waals surface area contributed by atoms with Gasteiger partial charge < -0.3 is 20.3 Å². The smallest absolute Gasteiger partial charge is 0.190 e. The zero-order chi connectivity index (χ0) is 15.8. The maximum Gasteiger partial charge on any atom is 0.190 e. The third-order valence-corrected chi connectivity index (χ3v) is 4.03. The Morgan fingerprint density at radius 3 is 2.91 bits per heavy atom. The number of aliphatic imine (C=N–C) groups is 1. The second kappa shape index (κ2) is 10.6. The summed E-state index contributed by atoms with van der Waals surface area (Å²) >= 11 is 0. The Bertz CT molecular complexity index is 495. The molecule has 0 aliphatic carbocycles. The molecule has 1 atom stereocenters. The summed E-state index contributed by atoms with van der Waals surface area (Å²) in [4.78, 5) is 6.68. The minimum atomic E-state index is 0. The van der Waals surface area contributed by atoms with Gasteiger partial charge in [-0.15, -0.1) is 24.0 Å². The average Bonchev–Trinajstić information content (AvgIpc) is 3.04. The Hall–Kier alpha value is -1.18. The van der Waals surface area contributed by atoms with Gasteiger partial charge in [-0.3, -0.25) is 4.99 Å². The highest BCUT2D eigenvalue weighted by atomic mass is 127. The Morgan fingerprint density at radius 2 is 2.22 bits per heavy atom. The minimum absolute atomic E-state index is 0. The third-order valence-electron chi connectivity index (χ3n) is 4.03. The number of anilines is 1. The predicted octanol–water partition coefficient (Wildman–Crippen LogP) is 2.71. The SMILES string of the molecule is CCCNC(=NC)NCC1CCN(c2cccc(OC)c2)C1.I. The van der Waals surface area contributed by atoms with Crippen LogP contribution >= 0.6 is 24.0 Å². The molecule has 1 unspecified atom stereocenters. The molecule has 1 aromatic rings. The van der Waals surface area contributed by atoms with E-state index in [2.05, 4.69) is 45.6 Å². The number of methoxy groups -OCH3 is 1. The first-order valence-corrected chi connectivity index (χ1v) is 8.10. The van der Waals surface area contributed by atoms with E-state index in [0.29, 0.717) is 5.92 Å². The van der Waals surface area contributed by atoms with Gasteiger partial charge in [0.15, 0.2) is 5.96 Å². The first kappa shape index (κ1) is 19.9. The molecule has 23 heavy (non-hydrogen) atoms. The van der Waals surface area contributed by atoms with E-state index >= 15 is 0 Å². The fourth-order valence-electron chi connectivity index (χ4n) is 2.75. The Labute approximate surface area is 156 Å². The number of benzene rings is 1. The molecule has 6 heteroatoms. The van der Waals surface area contributed by atoms with Crippen LogP contribution < -0.4 is 20.3 Å². The maximum absolute atomic E-state index is 5.31. The van der Waals surface area contributed by atoms with E-state index in [4.69, 9.17) is 4.74 Å². The summed E-state index contributed by atoms with van der Waals surface area (Å²) in [5.41, 5.74) is 1.25. The van der Waals surface area contributed by atoms with E-state index < -0.39 is 0 Å². The van der Waals surface area contributed by atoms with Crippen molar-refractivity contribution in [3.8, 4) is 5.75 Å². The molecule has 1 aromatic carbocycles. The highest BCUT2D eigenvalue weighted by Gasteiger charge is 2.23. The number of rotatable bonds is 6. The molecular weight excluding hydrogens is 403 g/mol. The quantitative estimate of drug-likeness (QED) is 0.413. The van der Waals surface area contributed by atoms with Gasteiger partial charge in [-0.2, -0.15) is 0 Å². The first-order valence-electron chi connectivity index (χ1n) is 8.10. The summed E-state index contributed by atoms with van der Waals surface area (Å²) in [6.45, 7) is 6.25. The first-order chi connectivity index (χ1) is 10.8. The number of halogens is 1. The summed E-state index contributed by atoms with van der Waals surface area (Å²) in [6, 6.07) is 8.30. The zero-order valence-electron chi connectivity index (χ0n) is 14.3. The molecule has 1 fully saturated rings. The van der Waals surface area contributed by atoms with Crippen LogP contribution in [-0.2, 0) is 0 Å². The molecule has 1 aliphatic heterocycles. The van der Waals surface area contributed by atoms with Crippen LogP contribution in [0.25, 0.3) is 0 Å². The lowest BCUT2D eigenvalue weighted by Gasteiger charge is -2.20. The predicted molar refractivity (Wildman–Crippen MR) is 108 cm³/mol. The van der Waals surface area contributed by atoms with Crippen LogP contribution in [0.2, 0.25) is 0 Å². The normalized spacial score (nSPS) is 17.6. The second-order valence-corrected chi connectivity index (χ2v) is 5.68. The van der Waals surface area contributed by atoms with Gasteiger partial charge in [-0.25, -0.2) is 0 Å². The maximum atomic E-state index is 5.31. The van der Waals surface area contributed by atoms with Gasteiger partial charge in [0.05, 0.1) is 7.11 Å².